The van der Waals surface area contributed by atoms with Gasteiger partial charge in [-0.3, -0.25) is 4.79 Å². The molecule has 0 spiro atoms. The molecule has 0 aliphatic carbocycles. The number of carboxylic acids is 1. The highest BCUT2D eigenvalue weighted by Gasteiger charge is 2.26. The van der Waals surface area contributed by atoms with Gasteiger partial charge in [-0.15, -0.1) is 0 Å². The Labute approximate surface area is 168 Å². The van der Waals surface area contributed by atoms with Crippen LogP contribution in [0.15, 0.2) is 35.3 Å². The van der Waals surface area contributed by atoms with Crippen LogP contribution in [0.3, 0.4) is 0 Å². The van der Waals surface area contributed by atoms with Crippen LogP contribution in [0.5, 0.6) is 0 Å². The summed E-state index contributed by atoms with van der Waals surface area (Å²) in [5.74, 6) is -1.07. The number of aromatic nitrogens is 1. The summed E-state index contributed by atoms with van der Waals surface area (Å²) >= 11 is 6.20. The maximum Gasteiger partial charge on any atom is 0.326 e. The fourth-order valence-electron chi connectivity index (χ4n) is 3.52. The normalized spacial score (nSPS) is 18.4. The summed E-state index contributed by atoms with van der Waals surface area (Å²) in [5, 5.41) is 10.3. The van der Waals surface area contributed by atoms with Crippen molar-refractivity contribution < 1.29 is 19.4 Å². The molecule has 1 aliphatic rings. The molecule has 2 aromatic rings. The van der Waals surface area contributed by atoms with Crippen molar-refractivity contribution in [3.63, 3.8) is 0 Å². The van der Waals surface area contributed by atoms with Gasteiger partial charge in [-0.25, -0.2) is 4.79 Å². The number of aliphatic carboxylic acids is 1. The summed E-state index contributed by atoms with van der Waals surface area (Å²) in [5.41, 5.74) is 3.03. The van der Waals surface area contributed by atoms with Gasteiger partial charge in [-0.2, -0.15) is 0 Å². The molecule has 3 rings (SSSR count). The van der Waals surface area contributed by atoms with E-state index < -0.39 is 12.0 Å². The van der Waals surface area contributed by atoms with E-state index in [1.807, 2.05) is 25.1 Å². The summed E-state index contributed by atoms with van der Waals surface area (Å²) in [6, 6.07) is 6.08. The molecule has 0 bridgehead atoms. The van der Waals surface area contributed by atoms with Gasteiger partial charge in [0.2, 0.25) is 0 Å². The largest absolute Gasteiger partial charge is 0.480 e. The first-order valence-electron chi connectivity index (χ1n) is 9.21. The van der Waals surface area contributed by atoms with E-state index in [0.29, 0.717) is 11.4 Å². The number of rotatable bonds is 5. The Balaban J connectivity index is 2.15. The molecule has 1 aromatic heterocycles. The number of fused-ring (bicyclic) bond motifs is 3. The Morgan fingerprint density at radius 1 is 1.36 bits per heavy atom. The molecule has 6 nitrogen and oxygen atoms in total. The second-order valence-electron chi connectivity index (χ2n) is 7.22. The molecule has 1 N–H and O–H groups in total. The van der Waals surface area contributed by atoms with Crippen LogP contribution in [0.1, 0.15) is 37.4 Å². The third-order valence-corrected chi connectivity index (χ3v) is 5.37. The maximum absolute atomic E-state index is 12.8. The topological polar surface area (TPSA) is 77.8 Å². The van der Waals surface area contributed by atoms with Gasteiger partial charge in [0, 0.05) is 36.4 Å². The van der Waals surface area contributed by atoms with E-state index in [1.54, 1.807) is 13.1 Å². The second kappa shape index (κ2) is 8.47. The average molecular weight is 406 g/mol. The molecular formula is C21H24ClNO5. The van der Waals surface area contributed by atoms with Gasteiger partial charge in [0.05, 0.1) is 18.8 Å². The lowest BCUT2D eigenvalue weighted by atomic mass is 9.92. The van der Waals surface area contributed by atoms with Crippen molar-refractivity contribution in [2.45, 2.75) is 51.5 Å². The average Bonchev–Trinajstić information content (AvgIpc) is 2.65. The standard InChI is InChI=1S/C21H24ClNO5/c1-12(27-3)7-19(21(25)26)23-10-15-11-28-13(2)6-14-4-5-16(22)8-17(14)18(15)9-20(23)24/h4-5,8-10,12-13,19H,6-7,11H2,1-3H3,(H,25,26). The molecule has 150 valence electrons. The SMILES string of the molecule is COC(C)CC(C(=O)O)n1cc2c(cc1=O)-c1cc(Cl)ccc1CC(C)OC2. The number of pyridine rings is 1. The molecule has 0 saturated carbocycles. The minimum atomic E-state index is -1.07. The zero-order valence-corrected chi connectivity index (χ0v) is 16.9. The Bertz CT molecular complexity index is 939. The van der Waals surface area contributed by atoms with Crippen molar-refractivity contribution >= 4 is 17.6 Å². The molecular weight excluding hydrogens is 382 g/mol. The van der Waals surface area contributed by atoms with Gasteiger partial charge in [-0.05, 0) is 49.1 Å². The molecule has 3 atom stereocenters. The fourth-order valence-corrected chi connectivity index (χ4v) is 3.70. The van der Waals surface area contributed by atoms with Crippen LogP contribution in [0, 0.1) is 0 Å². The number of nitrogens with zero attached hydrogens (tertiary/aromatic N) is 1. The molecule has 2 heterocycles. The summed E-state index contributed by atoms with van der Waals surface area (Å²) in [4.78, 5) is 24.7. The van der Waals surface area contributed by atoms with Crippen LogP contribution in [-0.2, 0) is 27.3 Å². The first kappa shape index (κ1) is 20.6. The van der Waals surface area contributed by atoms with Gasteiger partial charge < -0.3 is 19.1 Å². The zero-order valence-electron chi connectivity index (χ0n) is 16.1. The van der Waals surface area contributed by atoms with E-state index in [9.17, 15) is 14.7 Å². The molecule has 0 radical (unpaired) electrons. The lowest BCUT2D eigenvalue weighted by molar-refractivity contribution is -0.142. The molecule has 1 aliphatic heterocycles. The summed E-state index contributed by atoms with van der Waals surface area (Å²) < 4.78 is 12.4. The Kier molecular flexibility index (Phi) is 6.23. The molecule has 3 unspecified atom stereocenters. The van der Waals surface area contributed by atoms with Gasteiger partial charge in [-0.1, -0.05) is 17.7 Å². The lowest BCUT2D eigenvalue weighted by Crippen LogP contribution is -2.32. The molecule has 0 fully saturated rings. The van der Waals surface area contributed by atoms with Crippen LogP contribution in [0.4, 0.5) is 0 Å². The smallest absolute Gasteiger partial charge is 0.326 e. The number of hydrogen-bond acceptors (Lipinski definition) is 4. The van der Waals surface area contributed by atoms with Crippen LogP contribution in [0.2, 0.25) is 5.02 Å². The maximum atomic E-state index is 12.8. The molecule has 0 saturated heterocycles. The quantitative estimate of drug-likeness (QED) is 0.820. The second-order valence-corrected chi connectivity index (χ2v) is 7.66. The molecule has 1 aromatic carbocycles. The lowest BCUT2D eigenvalue weighted by Gasteiger charge is -2.25. The Morgan fingerprint density at radius 3 is 2.75 bits per heavy atom. The van der Waals surface area contributed by atoms with Crippen molar-refractivity contribution in [3.8, 4) is 11.1 Å². The number of carboxylic acid groups (broad SMARTS) is 1. The monoisotopic (exact) mass is 405 g/mol. The van der Waals surface area contributed by atoms with E-state index in [1.165, 1.54) is 17.7 Å². The summed E-state index contributed by atoms with van der Waals surface area (Å²) in [6.07, 6.45) is 2.17. The third-order valence-electron chi connectivity index (χ3n) is 5.13. The first-order chi connectivity index (χ1) is 13.3. The highest BCUT2D eigenvalue weighted by Crippen LogP contribution is 2.33. The fraction of sp³-hybridized carbons (Fsp3) is 0.429. The predicted octanol–water partition coefficient (Wildman–Crippen LogP) is 3.68. The summed E-state index contributed by atoms with van der Waals surface area (Å²) in [7, 11) is 1.52. The van der Waals surface area contributed by atoms with Crippen molar-refractivity contribution in [2.75, 3.05) is 7.11 Å². The molecule has 28 heavy (non-hydrogen) atoms. The van der Waals surface area contributed by atoms with Crippen LogP contribution >= 0.6 is 11.6 Å². The van der Waals surface area contributed by atoms with Gasteiger partial charge in [0.15, 0.2) is 0 Å². The number of ether oxygens (including phenoxy) is 2. The third kappa shape index (κ3) is 4.29. The van der Waals surface area contributed by atoms with Crippen LogP contribution in [0.25, 0.3) is 11.1 Å². The van der Waals surface area contributed by atoms with Crippen molar-refractivity contribution in [1.82, 2.24) is 4.57 Å². The number of hydrogen-bond donors (Lipinski definition) is 1. The van der Waals surface area contributed by atoms with E-state index in [2.05, 4.69) is 0 Å². The van der Waals surface area contributed by atoms with Gasteiger partial charge in [0.1, 0.15) is 6.04 Å². The molecule has 0 amide bonds. The summed E-state index contributed by atoms with van der Waals surface area (Å²) in [6.45, 7) is 4.05. The number of benzene rings is 1. The van der Waals surface area contributed by atoms with E-state index >= 15 is 0 Å². The highest BCUT2D eigenvalue weighted by atomic mass is 35.5. The van der Waals surface area contributed by atoms with Crippen molar-refractivity contribution in [1.29, 1.82) is 0 Å². The van der Waals surface area contributed by atoms with Gasteiger partial charge >= 0.3 is 5.97 Å². The minimum absolute atomic E-state index is 0.0164. The van der Waals surface area contributed by atoms with E-state index in [4.69, 9.17) is 21.1 Å². The van der Waals surface area contributed by atoms with Crippen LogP contribution in [-0.4, -0.2) is 35.0 Å². The van der Waals surface area contributed by atoms with Crippen molar-refractivity contribution in [3.05, 3.63) is 57.0 Å². The number of carbonyl (C=O) groups is 1. The number of halogens is 1. The minimum Gasteiger partial charge on any atom is -0.480 e. The van der Waals surface area contributed by atoms with Crippen LogP contribution < -0.4 is 5.56 Å². The Morgan fingerprint density at radius 2 is 2.07 bits per heavy atom. The first-order valence-corrected chi connectivity index (χ1v) is 9.59. The zero-order chi connectivity index (χ0) is 20.4. The van der Waals surface area contributed by atoms with Crippen molar-refractivity contribution in [2.24, 2.45) is 0 Å². The predicted molar refractivity (Wildman–Crippen MR) is 107 cm³/mol. The van der Waals surface area contributed by atoms with E-state index in [-0.39, 0.29) is 30.8 Å². The Hall–Kier alpha value is -2.15. The molecule has 7 heteroatoms. The van der Waals surface area contributed by atoms with E-state index in [0.717, 1.165) is 22.3 Å². The highest BCUT2D eigenvalue weighted by molar-refractivity contribution is 6.30. The van der Waals surface area contributed by atoms with Gasteiger partial charge in [0.25, 0.3) is 5.56 Å². The number of methoxy groups -OCH3 is 1.